The second-order valence-corrected chi connectivity index (χ2v) is 6.43. The maximum absolute atomic E-state index is 8.29. The van der Waals surface area contributed by atoms with Gasteiger partial charge in [0, 0.05) is 24.5 Å². The quantitative estimate of drug-likeness (QED) is 0.501. The SMILES string of the molecule is CC(=N)N=C([OH2+])c1cc2cc(C)ccc2nc1N1CCC(N)CC1. The Morgan fingerprint density at radius 1 is 1.33 bits per heavy atom. The average molecular weight is 326 g/mol. The predicted molar refractivity (Wildman–Crippen MR) is 99.5 cm³/mol. The molecule has 1 aromatic carbocycles. The second-order valence-electron chi connectivity index (χ2n) is 6.43. The minimum atomic E-state index is 0.0864. The molecular formula is C18H24N5O+. The summed E-state index contributed by atoms with van der Waals surface area (Å²) in [6, 6.07) is 8.32. The third-order valence-corrected chi connectivity index (χ3v) is 4.32. The molecule has 24 heavy (non-hydrogen) atoms. The number of aromatic nitrogens is 1. The molecule has 1 aliphatic heterocycles. The number of nitrogens with two attached hydrogens (primary N) is 1. The van der Waals surface area contributed by atoms with Gasteiger partial charge >= 0.3 is 5.90 Å². The number of benzene rings is 1. The van der Waals surface area contributed by atoms with E-state index in [1.807, 2.05) is 25.1 Å². The fraction of sp³-hybridized carbons (Fsp3) is 0.389. The summed E-state index contributed by atoms with van der Waals surface area (Å²) in [4.78, 5) is 11.0. The number of anilines is 1. The minimum Gasteiger partial charge on any atom is -0.578 e. The van der Waals surface area contributed by atoms with Crippen LogP contribution in [0.5, 0.6) is 0 Å². The van der Waals surface area contributed by atoms with Crippen LogP contribution in [0, 0.1) is 12.3 Å². The van der Waals surface area contributed by atoms with Crippen molar-refractivity contribution in [2.45, 2.75) is 32.7 Å². The molecule has 2 heterocycles. The molecule has 1 aromatic heterocycles. The van der Waals surface area contributed by atoms with Crippen LogP contribution in [0.4, 0.5) is 5.82 Å². The van der Waals surface area contributed by atoms with Crippen LogP contribution in [0.1, 0.15) is 30.9 Å². The Labute approximate surface area is 141 Å². The van der Waals surface area contributed by atoms with E-state index in [1.54, 1.807) is 6.92 Å². The highest BCUT2D eigenvalue weighted by molar-refractivity contribution is 6.05. The maximum Gasteiger partial charge on any atom is 0.369 e. The van der Waals surface area contributed by atoms with Crippen LogP contribution >= 0.6 is 0 Å². The first kappa shape index (κ1) is 16.4. The first-order valence-corrected chi connectivity index (χ1v) is 8.22. The highest BCUT2D eigenvalue weighted by atomic mass is 16.3. The van der Waals surface area contributed by atoms with Crippen LogP contribution in [-0.4, -0.2) is 41.0 Å². The van der Waals surface area contributed by atoms with Gasteiger partial charge in [-0.05, 0) is 44.9 Å². The Kier molecular flexibility index (Phi) is 4.49. The Morgan fingerprint density at radius 3 is 2.71 bits per heavy atom. The van der Waals surface area contributed by atoms with Gasteiger partial charge in [-0.3, -0.25) is 5.41 Å². The summed E-state index contributed by atoms with van der Waals surface area (Å²) in [5.41, 5.74) is 8.75. The van der Waals surface area contributed by atoms with Gasteiger partial charge in [0.05, 0.1) is 5.52 Å². The monoisotopic (exact) mass is 326 g/mol. The van der Waals surface area contributed by atoms with Gasteiger partial charge in [-0.25, -0.2) is 4.98 Å². The molecule has 126 valence electrons. The van der Waals surface area contributed by atoms with Crippen molar-refractivity contribution in [3.63, 3.8) is 0 Å². The summed E-state index contributed by atoms with van der Waals surface area (Å²) in [6.07, 6.45) is 1.84. The van der Waals surface area contributed by atoms with Crippen molar-refractivity contribution < 1.29 is 5.11 Å². The number of fused-ring (bicyclic) bond motifs is 1. The van der Waals surface area contributed by atoms with Crippen LogP contribution in [0.25, 0.3) is 10.9 Å². The highest BCUT2D eigenvalue weighted by Crippen LogP contribution is 2.27. The topological polar surface area (TPSA) is 101 Å². The molecule has 1 saturated heterocycles. The lowest BCUT2D eigenvalue weighted by Crippen LogP contribution is -2.40. The number of hydrogen-bond acceptors (Lipinski definition) is 4. The van der Waals surface area contributed by atoms with E-state index in [2.05, 4.69) is 16.0 Å². The van der Waals surface area contributed by atoms with Gasteiger partial charge in [-0.1, -0.05) is 11.6 Å². The molecule has 0 radical (unpaired) electrons. The molecule has 2 aromatic rings. The molecule has 5 N–H and O–H groups in total. The van der Waals surface area contributed by atoms with Crippen LogP contribution in [0.2, 0.25) is 0 Å². The van der Waals surface area contributed by atoms with Gasteiger partial charge in [-0.15, -0.1) is 0 Å². The fourth-order valence-electron chi connectivity index (χ4n) is 3.04. The van der Waals surface area contributed by atoms with Gasteiger partial charge in [-0.2, -0.15) is 4.99 Å². The Morgan fingerprint density at radius 2 is 2.04 bits per heavy atom. The molecular weight excluding hydrogens is 302 g/mol. The van der Waals surface area contributed by atoms with Crippen molar-refractivity contribution in [3.8, 4) is 0 Å². The van der Waals surface area contributed by atoms with Crippen molar-refractivity contribution in [3.05, 3.63) is 35.4 Å². The van der Waals surface area contributed by atoms with Gasteiger partial charge in [0.2, 0.25) is 0 Å². The standard InChI is InChI=1S/C18H23N5O/c1-11-3-4-16-13(9-11)10-15(18(24)21-12(2)19)17(22-16)23-7-5-14(20)6-8-23/h3-4,9-10,14H,5-8,20H2,1-2H3,(H2,19,21,24)/p+1. The van der Waals surface area contributed by atoms with E-state index in [0.29, 0.717) is 5.56 Å². The van der Waals surface area contributed by atoms with E-state index in [4.69, 9.17) is 21.2 Å². The number of pyridine rings is 1. The van der Waals surface area contributed by atoms with Crippen LogP contribution in [0.3, 0.4) is 0 Å². The largest absolute Gasteiger partial charge is 0.578 e. The lowest BCUT2D eigenvalue weighted by Gasteiger charge is -2.31. The molecule has 0 spiro atoms. The molecule has 0 atom stereocenters. The first-order chi connectivity index (χ1) is 11.4. The van der Waals surface area contributed by atoms with E-state index in [9.17, 15) is 0 Å². The number of aryl methyl sites for hydroxylation is 1. The average Bonchev–Trinajstić information content (AvgIpc) is 2.53. The number of hydrogen-bond donors (Lipinski definition) is 2. The zero-order valence-electron chi connectivity index (χ0n) is 14.1. The van der Waals surface area contributed by atoms with Crippen LogP contribution in [-0.2, 0) is 0 Å². The second kappa shape index (κ2) is 6.57. The normalized spacial score (nSPS) is 16.6. The zero-order valence-corrected chi connectivity index (χ0v) is 14.1. The molecule has 3 rings (SSSR count). The molecule has 1 fully saturated rings. The first-order valence-electron chi connectivity index (χ1n) is 8.22. The molecule has 6 nitrogen and oxygen atoms in total. The summed E-state index contributed by atoms with van der Waals surface area (Å²) in [5, 5.41) is 16.8. The third-order valence-electron chi connectivity index (χ3n) is 4.32. The Balaban J connectivity index is 2.13. The number of nitrogens with one attached hydrogen (secondary N) is 1. The number of nitrogens with zero attached hydrogens (tertiary/aromatic N) is 3. The van der Waals surface area contributed by atoms with Gasteiger partial charge in [0.15, 0.2) is 0 Å². The van der Waals surface area contributed by atoms with E-state index in [1.165, 1.54) is 0 Å². The lowest BCUT2D eigenvalue weighted by molar-refractivity contribution is 0.497. The molecule has 1 aliphatic rings. The summed E-state index contributed by atoms with van der Waals surface area (Å²) in [7, 11) is 0. The van der Waals surface area contributed by atoms with Crippen molar-refractivity contribution in [1.82, 2.24) is 4.98 Å². The van der Waals surface area contributed by atoms with E-state index >= 15 is 0 Å². The molecule has 0 bridgehead atoms. The summed E-state index contributed by atoms with van der Waals surface area (Å²) < 4.78 is 0. The Hall–Kier alpha value is -2.47. The van der Waals surface area contributed by atoms with Gasteiger partial charge in [0.25, 0.3) is 0 Å². The van der Waals surface area contributed by atoms with Crippen molar-refractivity contribution in [2.24, 2.45) is 10.7 Å². The van der Waals surface area contributed by atoms with Crippen molar-refractivity contribution >= 4 is 28.5 Å². The number of amidine groups is 1. The third kappa shape index (κ3) is 3.38. The number of piperidine rings is 1. The maximum atomic E-state index is 8.29. The van der Waals surface area contributed by atoms with E-state index in [-0.39, 0.29) is 17.8 Å². The van der Waals surface area contributed by atoms with Gasteiger partial charge < -0.3 is 15.7 Å². The number of rotatable bonds is 2. The lowest BCUT2D eigenvalue weighted by atomic mass is 10.0. The number of aliphatic imine (C=N–C) groups is 1. The molecule has 0 unspecified atom stereocenters. The molecule has 0 amide bonds. The Bertz CT molecular complexity index is 806. The smallest absolute Gasteiger partial charge is 0.369 e. The minimum absolute atomic E-state index is 0.0864. The van der Waals surface area contributed by atoms with Crippen LogP contribution < -0.4 is 10.6 Å². The molecule has 0 aliphatic carbocycles. The molecule has 6 heteroatoms. The summed E-state index contributed by atoms with van der Waals surface area (Å²) in [5.74, 6) is 0.979. The molecule has 0 saturated carbocycles. The summed E-state index contributed by atoms with van der Waals surface area (Å²) >= 11 is 0. The highest BCUT2D eigenvalue weighted by Gasteiger charge is 2.24. The van der Waals surface area contributed by atoms with E-state index in [0.717, 1.165) is 48.2 Å². The predicted octanol–water partition coefficient (Wildman–Crippen LogP) is 1.94. The van der Waals surface area contributed by atoms with Crippen molar-refractivity contribution in [1.29, 1.82) is 5.41 Å². The van der Waals surface area contributed by atoms with Crippen molar-refractivity contribution in [2.75, 3.05) is 18.0 Å². The van der Waals surface area contributed by atoms with Crippen LogP contribution in [0.15, 0.2) is 29.3 Å². The summed E-state index contributed by atoms with van der Waals surface area (Å²) in [6.45, 7) is 5.27. The fourth-order valence-corrected chi connectivity index (χ4v) is 3.04. The zero-order chi connectivity index (χ0) is 17.3. The van der Waals surface area contributed by atoms with E-state index < -0.39 is 0 Å². The van der Waals surface area contributed by atoms with Gasteiger partial charge in [0.1, 0.15) is 17.2 Å².